The number of hydrogen-bond donors (Lipinski definition) is 0. The van der Waals surface area contributed by atoms with Crippen LogP contribution in [0.4, 0.5) is 0 Å². The van der Waals surface area contributed by atoms with Crippen LogP contribution in [0, 0.1) is 24.2 Å². The van der Waals surface area contributed by atoms with Crippen LogP contribution in [0.3, 0.4) is 0 Å². The number of nitrogens with zero attached hydrogens (tertiary/aromatic N) is 5. The molecule has 0 bridgehead atoms. The second kappa shape index (κ2) is 8.35. The van der Waals surface area contributed by atoms with Crippen LogP contribution in [0.2, 0.25) is 0 Å². The predicted molar refractivity (Wildman–Crippen MR) is 124 cm³/mol. The Labute approximate surface area is 187 Å². The van der Waals surface area contributed by atoms with Crippen LogP contribution in [0.1, 0.15) is 34.6 Å². The molecule has 2 heterocycles. The molecule has 0 N–H and O–H groups in total. The van der Waals surface area contributed by atoms with E-state index in [1.54, 1.807) is 12.1 Å². The fraction of sp³-hybridized carbons (Fsp3) is 0.269. The second-order valence-corrected chi connectivity index (χ2v) is 8.32. The van der Waals surface area contributed by atoms with Crippen LogP contribution in [0.5, 0.6) is 0 Å². The van der Waals surface area contributed by atoms with E-state index in [9.17, 15) is 0 Å². The van der Waals surface area contributed by atoms with Gasteiger partial charge in [-0.05, 0) is 43.5 Å². The number of imidazole rings is 1. The molecule has 2 aromatic heterocycles. The highest BCUT2D eigenvalue weighted by Crippen LogP contribution is 2.35. The van der Waals surface area contributed by atoms with Gasteiger partial charge in [0.05, 0.1) is 17.3 Å². The minimum absolute atomic E-state index is 0.238. The molecule has 0 saturated carbocycles. The first-order chi connectivity index (χ1) is 15.7. The summed E-state index contributed by atoms with van der Waals surface area (Å²) < 4.78 is 4.48. The number of benzene rings is 2. The Morgan fingerprint density at radius 1 is 1.19 bits per heavy atom. The number of hydrogen-bond acceptors (Lipinski definition) is 4. The third-order valence-corrected chi connectivity index (χ3v) is 6.42. The van der Waals surface area contributed by atoms with Gasteiger partial charge in [0.1, 0.15) is 12.4 Å². The number of aryl methyl sites for hydroxylation is 2. The van der Waals surface area contributed by atoms with Gasteiger partial charge < -0.3 is 14.0 Å². The molecule has 1 unspecified atom stereocenters. The molecular weight excluding hydrogens is 398 g/mol. The lowest BCUT2D eigenvalue weighted by molar-refractivity contribution is 0.128. The van der Waals surface area contributed by atoms with E-state index in [1.165, 1.54) is 22.2 Å². The van der Waals surface area contributed by atoms with E-state index in [0.717, 1.165) is 36.5 Å². The van der Waals surface area contributed by atoms with Crippen molar-refractivity contribution in [1.29, 1.82) is 5.26 Å². The van der Waals surface area contributed by atoms with Crippen molar-refractivity contribution < 1.29 is 4.84 Å². The number of para-hydroxylation sites is 1. The van der Waals surface area contributed by atoms with Crippen LogP contribution in [-0.4, -0.2) is 19.8 Å². The predicted octanol–water partition coefficient (Wildman–Crippen LogP) is 4.74. The third-order valence-electron chi connectivity index (χ3n) is 6.42. The zero-order valence-corrected chi connectivity index (χ0v) is 18.3. The summed E-state index contributed by atoms with van der Waals surface area (Å²) in [5, 5.41) is 14.9. The van der Waals surface area contributed by atoms with Crippen molar-refractivity contribution in [3.63, 3.8) is 0 Å². The molecule has 0 spiro atoms. The molecule has 1 aliphatic rings. The zero-order chi connectivity index (χ0) is 22.1. The largest absolute Gasteiger partial charge is 0.391 e. The van der Waals surface area contributed by atoms with Crippen LogP contribution in [-0.2, 0) is 31.5 Å². The fourth-order valence-electron chi connectivity index (χ4n) is 4.66. The summed E-state index contributed by atoms with van der Waals surface area (Å²) in [7, 11) is 2.14. The number of nitriles is 1. The van der Waals surface area contributed by atoms with Crippen molar-refractivity contribution in [2.45, 2.75) is 32.9 Å². The van der Waals surface area contributed by atoms with Gasteiger partial charge in [0.15, 0.2) is 0 Å². The monoisotopic (exact) mass is 423 g/mol. The fourth-order valence-corrected chi connectivity index (χ4v) is 4.66. The summed E-state index contributed by atoms with van der Waals surface area (Å²) >= 11 is 0. The van der Waals surface area contributed by atoms with Gasteiger partial charge in [0.25, 0.3) is 0 Å². The lowest BCUT2D eigenvalue weighted by Gasteiger charge is -2.26. The molecular formula is C26H25N5O. The molecule has 4 aromatic rings. The highest BCUT2D eigenvalue weighted by Gasteiger charge is 2.31. The summed E-state index contributed by atoms with van der Waals surface area (Å²) in [4.78, 5) is 10.3. The number of rotatable bonds is 5. The molecule has 0 fully saturated rings. The smallest absolute Gasteiger partial charge is 0.142 e. The van der Waals surface area contributed by atoms with Crippen LogP contribution < -0.4 is 0 Å². The molecule has 6 nitrogen and oxygen atoms in total. The Bertz CT molecular complexity index is 1340. The number of fused-ring (bicyclic) bond motifs is 3. The Morgan fingerprint density at radius 2 is 2.00 bits per heavy atom. The second-order valence-electron chi connectivity index (χ2n) is 8.32. The highest BCUT2D eigenvalue weighted by molar-refractivity contribution is 6.13. The van der Waals surface area contributed by atoms with Crippen molar-refractivity contribution in [2.75, 3.05) is 0 Å². The van der Waals surface area contributed by atoms with Crippen molar-refractivity contribution in [3.8, 4) is 6.07 Å². The first-order valence-electron chi connectivity index (χ1n) is 10.9. The van der Waals surface area contributed by atoms with E-state index in [4.69, 9.17) is 15.3 Å². The van der Waals surface area contributed by atoms with Crippen molar-refractivity contribution in [3.05, 3.63) is 89.1 Å². The summed E-state index contributed by atoms with van der Waals surface area (Å²) in [6.45, 7) is 3.23. The normalized spacial score (nSPS) is 16.8. The molecule has 5 rings (SSSR count). The van der Waals surface area contributed by atoms with E-state index < -0.39 is 0 Å². The van der Waals surface area contributed by atoms with Gasteiger partial charge in [0, 0.05) is 54.1 Å². The van der Waals surface area contributed by atoms with Gasteiger partial charge in [-0.2, -0.15) is 5.26 Å². The van der Waals surface area contributed by atoms with Gasteiger partial charge in [-0.25, -0.2) is 4.98 Å². The van der Waals surface area contributed by atoms with E-state index in [1.807, 2.05) is 31.5 Å². The molecule has 6 heteroatoms. The van der Waals surface area contributed by atoms with E-state index >= 15 is 0 Å². The average molecular weight is 424 g/mol. The van der Waals surface area contributed by atoms with E-state index in [2.05, 4.69) is 51.5 Å². The molecule has 160 valence electrons. The average Bonchev–Trinajstić information content (AvgIpc) is 3.36. The van der Waals surface area contributed by atoms with Gasteiger partial charge in [-0.1, -0.05) is 35.5 Å². The Hall–Kier alpha value is -3.85. The Kier molecular flexibility index (Phi) is 5.24. The first-order valence-corrected chi connectivity index (χ1v) is 10.9. The van der Waals surface area contributed by atoms with E-state index in [0.29, 0.717) is 12.2 Å². The lowest BCUT2D eigenvalue weighted by atomic mass is 9.84. The van der Waals surface area contributed by atoms with Crippen LogP contribution >= 0.6 is 0 Å². The van der Waals surface area contributed by atoms with Crippen LogP contribution in [0.15, 0.2) is 66.1 Å². The Balaban J connectivity index is 1.51. The Morgan fingerprint density at radius 3 is 2.75 bits per heavy atom. The summed E-state index contributed by atoms with van der Waals surface area (Å²) in [6.07, 6.45) is 5.89. The lowest BCUT2D eigenvalue weighted by Crippen LogP contribution is -2.28. The summed E-state index contributed by atoms with van der Waals surface area (Å²) in [5.41, 5.74) is 6.37. The zero-order valence-electron chi connectivity index (χ0n) is 18.3. The molecule has 1 aliphatic carbocycles. The molecule has 2 aromatic carbocycles. The van der Waals surface area contributed by atoms with Gasteiger partial charge in [-0.3, -0.25) is 0 Å². The minimum atomic E-state index is 0.238. The van der Waals surface area contributed by atoms with Crippen molar-refractivity contribution in [2.24, 2.45) is 18.1 Å². The summed E-state index contributed by atoms with van der Waals surface area (Å²) in [6, 6.07) is 18.1. The molecule has 1 atom stereocenters. The molecule has 0 amide bonds. The SMILES string of the molecule is Cc1nccn1CC1CCc2c(c3ccccc3n2C)/C1=N/OCc1ccc(C#N)cc1. The molecule has 0 aliphatic heterocycles. The van der Waals surface area contributed by atoms with Crippen LogP contribution in [0.25, 0.3) is 10.9 Å². The van der Waals surface area contributed by atoms with E-state index in [-0.39, 0.29) is 5.92 Å². The maximum absolute atomic E-state index is 9.00. The van der Waals surface area contributed by atoms with Gasteiger partial charge in [-0.15, -0.1) is 0 Å². The standard InChI is InChI=1S/C26H25N5O/c1-18-28-13-14-31(18)16-21-11-12-24-25(22-5-3-4-6-23(22)30(24)2)26(21)29-32-17-20-9-7-19(15-27)8-10-20/h3-10,13-14,21H,11-12,16-17H2,1-2H3/b29-26+. The maximum atomic E-state index is 9.00. The topological polar surface area (TPSA) is 68.1 Å². The highest BCUT2D eigenvalue weighted by atomic mass is 16.6. The number of aromatic nitrogens is 3. The van der Waals surface area contributed by atoms with Gasteiger partial charge >= 0.3 is 0 Å². The third kappa shape index (κ3) is 3.56. The van der Waals surface area contributed by atoms with Crippen molar-refractivity contribution in [1.82, 2.24) is 14.1 Å². The summed E-state index contributed by atoms with van der Waals surface area (Å²) in [5.74, 6) is 1.24. The quantitative estimate of drug-likeness (QED) is 0.436. The van der Waals surface area contributed by atoms with Crippen molar-refractivity contribution >= 4 is 16.6 Å². The molecule has 32 heavy (non-hydrogen) atoms. The number of oxime groups is 1. The first kappa shape index (κ1) is 20.1. The maximum Gasteiger partial charge on any atom is 0.142 e. The molecule has 0 radical (unpaired) electrons. The molecule has 0 saturated heterocycles. The minimum Gasteiger partial charge on any atom is -0.391 e. The van der Waals surface area contributed by atoms with Gasteiger partial charge in [0.2, 0.25) is 0 Å².